The molecule has 0 aliphatic heterocycles. The van der Waals surface area contributed by atoms with E-state index in [2.05, 4.69) is 0 Å². The van der Waals surface area contributed by atoms with Crippen molar-refractivity contribution in [1.82, 2.24) is 0 Å². The number of benzene rings is 2. The average Bonchev–Trinajstić information content (AvgIpc) is 2.64. The Morgan fingerprint density at radius 3 is 2.32 bits per heavy atom. The van der Waals surface area contributed by atoms with Gasteiger partial charge in [-0.25, -0.2) is 0 Å². The fourth-order valence-electron chi connectivity index (χ4n) is 2.51. The van der Waals surface area contributed by atoms with E-state index in [1.165, 1.54) is 0 Å². The molecule has 0 aliphatic carbocycles. The molecule has 0 aromatic heterocycles. The van der Waals surface area contributed by atoms with Crippen LogP contribution in [0.25, 0.3) is 21.5 Å². The van der Waals surface area contributed by atoms with Gasteiger partial charge in [-0.2, -0.15) is 0 Å². The van der Waals surface area contributed by atoms with Gasteiger partial charge in [-0.1, -0.05) is 61.5 Å². The van der Waals surface area contributed by atoms with E-state index in [1.54, 1.807) is 31.2 Å². The summed E-state index contributed by atoms with van der Waals surface area (Å²) in [5.41, 5.74) is 0.593. The molecule has 4 heteroatoms. The number of rotatable bonds is 2. The molecule has 0 N–H and O–H groups in total. The SMILES string of the molecule is CC(C(=O)[O-])c1ccc2c(=O)c3ccccc3ccc2c1.[K+]. The summed E-state index contributed by atoms with van der Waals surface area (Å²) in [6.45, 7) is 1.58. The molecular weight excluding hydrogens is 303 g/mol. The maximum atomic E-state index is 12.6. The van der Waals surface area contributed by atoms with E-state index in [1.807, 2.05) is 30.3 Å². The first kappa shape index (κ1) is 17.3. The molecule has 3 rings (SSSR count). The van der Waals surface area contributed by atoms with Gasteiger partial charge in [0.15, 0.2) is 5.43 Å². The Bertz CT molecular complexity index is 919. The first-order chi connectivity index (χ1) is 10.1. The van der Waals surface area contributed by atoms with Crippen LogP contribution in [0.2, 0.25) is 0 Å². The molecule has 0 amide bonds. The van der Waals surface area contributed by atoms with E-state index in [0.29, 0.717) is 16.3 Å². The number of fused-ring (bicyclic) bond motifs is 2. The Morgan fingerprint density at radius 1 is 0.955 bits per heavy atom. The molecule has 3 aromatic carbocycles. The van der Waals surface area contributed by atoms with Gasteiger partial charge in [0.1, 0.15) is 0 Å². The van der Waals surface area contributed by atoms with E-state index in [4.69, 9.17) is 0 Å². The van der Waals surface area contributed by atoms with Crippen LogP contribution in [0.4, 0.5) is 0 Å². The third-order valence-electron chi connectivity index (χ3n) is 3.82. The zero-order valence-corrected chi connectivity index (χ0v) is 15.6. The van der Waals surface area contributed by atoms with Crippen LogP contribution in [0, 0.1) is 0 Å². The van der Waals surface area contributed by atoms with Crippen molar-refractivity contribution in [1.29, 1.82) is 0 Å². The average molecular weight is 316 g/mol. The Morgan fingerprint density at radius 2 is 1.59 bits per heavy atom. The van der Waals surface area contributed by atoms with Gasteiger partial charge in [0.05, 0.1) is 0 Å². The molecule has 22 heavy (non-hydrogen) atoms. The molecule has 1 atom stereocenters. The van der Waals surface area contributed by atoms with Gasteiger partial charge in [-0.15, -0.1) is 0 Å². The van der Waals surface area contributed by atoms with Crippen LogP contribution in [0.15, 0.2) is 59.4 Å². The third-order valence-corrected chi connectivity index (χ3v) is 3.82. The topological polar surface area (TPSA) is 57.2 Å². The quantitative estimate of drug-likeness (QED) is 0.582. The first-order valence-corrected chi connectivity index (χ1v) is 6.74. The van der Waals surface area contributed by atoms with Crippen molar-refractivity contribution in [2.75, 3.05) is 0 Å². The maximum absolute atomic E-state index is 12.6. The van der Waals surface area contributed by atoms with Gasteiger partial charge in [-0.05, 0) is 16.3 Å². The van der Waals surface area contributed by atoms with Crippen LogP contribution in [0.5, 0.6) is 0 Å². The van der Waals surface area contributed by atoms with Crippen LogP contribution < -0.4 is 61.9 Å². The summed E-state index contributed by atoms with van der Waals surface area (Å²) in [6.07, 6.45) is 0. The molecular formula is C18H13KO3. The fourth-order valence-corrected chi connectivity index (χ4v) is 2.51. The molecule has 0 bridgehead atoms. The van der Waals surface area contributed by atoms with Gasteiger partial charge >= 0.3 is 51.4 Å². The molecule has 0 spiro atoms. The van der Waals surface area contributed by atoms with Crippen molar-refractivity contribution < 1.29 is 61.3 Å². The van der Waals surface area contributed by atoms with Crippen molar-refractivity contribution in [2.24, 2.45) is 0 Å². The second-order valence-electron chi connectivity index (χ2n) is 5.14. The van der Waals surface area contributed by atoms with Crippen LogP contribution in [-0.4, -0.2) is 5.97 Å². The fraction of sp³-hybridized carbons (Fsp3) is 0.111. The number of carboxylic acids is 1. The smallest absolute Gasteiger partial charge is 0.550 e. The molecule has 0 radical (unpaired) electrons. The number of carboxylic acid groups (broad SMARTS) is 1. The predicted molar refractivity (Wildman–Crippen MR) is 81.1 cm³/mol. The normalized spacial score (nSPS) is 11.9. The van der Waals surface area contributed by atoms with Crippen molar-refractivity contribution in [2.45, 2.75) is 12.8 Å². The molecule has 0 heterocycles. The minimum atomic E-state index is -1.12. The number of hydrogen-bond acceptors (Lipinski definition) is 3. The van der Waals surface area contributed by atoms with E-state index in [9.17, 15) is 14.7 Å². The predicted octanol–water partition coefficient (Wildman–Crippen LogP) is -0.789. The molecule has 104 valence electrons. The number of carbonyl (C=O) groups is 1. The van der Waals surface area contributed by atoms with Crippen molar-refractivity contribution in [3.63, 3.8) is 0 Å². The van der Waals surface area contributed by atoms with Gasteiger partial charge in [-0.3, -0.25) is 4.79 Å². The monoisotopic (exact) mass is 316 g/mol. The summed E-state index contributed by atoms with van der Waals surface area (Å²) in [6, 6.07) is 16.3. The summed E-state index contributed by atoms with van der Waals surface area (Å²) < 4.78 is 0. The van der Waals surface area contributed by atoms with Crippen molar-refractivity contribution >= 4 is 27.5 Å². The van der Waals surface area contributed by atoms with Crippen LogP contribution in [0.3, 0.4) is 0 Å². The van der Waals surface area contributed by atoms with E-state index in [-0.39, 0.29) is 56.8 Å². The Labute approximate surface area is 170 Å². The largest absolute Gasteiger partial charge is 1.00 e. The number of hydrogen-bond donors (Lipinski definition) is 0. The zero-order chi connectivity index (χ0) is 15.0. The van der Waals surface area contributed by atoms with Crippen molar-refractivity contribution in [3.8, 4) is 0 Å². The summed E-state index contributed by atoms with van der Waals surface area (Å²) >= 11 is 0. The molecule has 1 unspecified atom stereocenters. The molecule has 3 aromatic rings. The number of aliphatic carboxylic acids is 1. The van der Waals surface area contributed by atoms with Gasteiger partial charge in [0, 0.05) is 22.7 Å². The zero-order valence-electron chi connectivity index (χ0n) is 12.5. The maximum Gasteiger partial charge on any atom is 1.00 e. The minimum absolute atomic E-state index is 0. The second-order valence-corrected chi connectivity index (χ2v) is 5.14. The van der Waals surface area contributed by atoms with Crippen LogP contribution in [-0.2, 0) is 4.79 Å². The van der Waals surface area contributed by atoms with E-state index in [0.717, 1.165) is 10.8 Å². The second kappa shape index (κ2) is 7.02. The molecule has 3 nitrogen and oxygen atoms in total. The Hall–Kier alpha value is -1.04. The Balaban J connectivity index is 0.00000176. The molecule has 0 aliphatic rings. The minimum Gasteiger partial charge on any atom is -0.550 e. The van der Waals surface area contributed by atoms with Crippen molar-refractivity contribution in [3.05, 3.63) is 70.4 Å². The molecule has 0 saturated heterocycles. The van der Waals surface area contributed by atoms with E-state index < -0.39 is 11.9 Å². The summed E-state index contributed by atoms with van der Waals surface area (Å²) in [5.74, 6) is -1.83. The number of carbonyl (C=O) groups excluding carboxylic acids is 1. The van der Waals surface area contributed by atoms with Gasteiger partial charge in [0.25, 0.3) is 0 Å². The first-order valence-electron chi connectivity index (χ1n) is 6.74. The van der Waals surface area contributed by atoms with Crippen LogP contribution >= 0.6 is 0 Å². The Kier molecular flexibility index (Phi) is 5.53. The van der Waals surface area contributed by atoms with Gasteiger partial charge < -0.3 is 9.90 Å². The summed E-state index contributed by atoms with van der Waals surface area (Å²) in [4.78, 5) is 23.6. The standard InChI is InChI=1S/C18H14O3.K/c1-11(18(20)21)13-8-9-16-14(10-13)7-6-12-4-2-3-5-15(12)17(16)19;/h2-11H,1H3,(H,20,21);/q;+1/p-1. The van der Waals surface area contributed by atoms with Gasteiger partial charge in [0.2, 0.25) is 0 Å². The molecule has 0 fully saturated rings. The molecule has 0 saturated carbocycles. The summed E-state index contributed by atoms with van der Waals surface area (Å²) in [5, 5.41) is 13.8. The summed E-state index contributed by atoms with van der Waals surface area (Å²) in [7, 11) is 0. The van der Waals surface area contributed by atoms with E-state index >= 15 is 0 Å². The van der Waals surface area contributed by atoms with Crippen LogP contribution in [0.1, 0.15) is 18.4 Å². The third kappa shape index (κ3) is 3.16.